The van der Waals surface area contributed by atoms with Crippen LogP contribution in [0.15, 0.2) is 21.9 Å². The van der Waals surface area contributed by atoms with E-state index in [-0.39, 0.29) is 0 Å². The van der Waals surface area contributed by atoms with Gasteiger partial charge < -0.3 is 9.73 Å². The van der Waals surface area contributed by atoms with Gasteiger partial charge in [0.05, 0.1) is 6.04 Å². The standard InChI is InChI=1S/C16H23N3OS/c1-3-4-14(19-9-7-17-8-10-19)16-18-13(11-21-16)15-6-5-12(2)20-15/h5-6,11,14,17H,3-4,7-10H2,1-2H3. The molecule has 3 heterocycles. The van der Waals surface area contributed by atoms with Gasteiger partial charge in [-0.25, -0.2) is 4.98 Å². The summed E-state index contributed by atoms with van der Waals surface area (Å²) in [6.07, 6.45) is 2.35. The highest BCUT2D eigenvalue weighted by Crippen LogP contribution is 2.32. The summed E-state index contributed by atoms with van der Waals surface area (Å²) < 4.78 is 5.69. The zero-order valence-corrected chi connectivity index (χ0v) is 13.6. The lowest BCUT2D eigenvalue weighted by atomic mass is 10.1. The Hall–Kier alpha value is -1.17. The monoisotopic (exact) mass is 305 g/mol. The van der Waals surface area contributed by atoms with Crippen molar-refractivity contribution in [2.45, 2.75) is 32.7 Å². The average molecular weight is 305 g/mol. The molecule has 4 nitrogen and oxygen atoms in total. The molecule has 0 radical (unpaired) electrons. The normalized spacial score (nSPS) is 18.0. The second kappa shape index (κ2) is 6.73. The second-order valence-corrected chi connectivity index (χ2v) is 6.46. The molecule has 1 aliphatic heterocycles. The van der Waals surface area contributed by atoms with Crippen molar-refractivity contribution in [3.63, 3.8) is 0 Å². The quantitative estimate of drug-likeness (QED) is 0.918. The Balaban J connectivity index is 1.81. The number of aryl methyl sites for hydroxylation is 1. The maximum absolute atomic E-state index is 5.69. The molecule has 2 aromatic heterocycles. The Morgan fingerprint density at radius 3 is 2.86 bits per heavy atom. The minimum absolute atomic E-state index is 0.451. The van der Waals surface area contributed by atoms with Crippen LogP contribution in [-0.4, -0.2) is 36.1 Å². The van der Waals surface area contributed by atoms with E-state index in [1.807, 2.05) is 19.1 Å². The molecule has 3 rings (SSSR count). The fourth-order valence-electron chi connectivity index (χ4n) is 2.86. The molecule has 5 heteroatoms. The molecular formula is C16H23N3OS. The Kier molecular flexibility index (Phi) is 4.73. The number of rotatable bonds is 5. The summed E-state index contributed by atoms with van der Waals surface area (Å²) in [5.41, 5.74) is 0.972. The molecule has 2 aromatic rings. The third-order valence-corrected chi connectivity index (χ3v) is 4.90. The molecule has 1 saturated heterocycles. The van der Waals surface area contributed by atoms with Gasteiger partial charge >= 0.3 is 0 Å². The van der Waals surface area contributed by atoms with Crippen LogP contribution in [0, 0.1) is 6.92 Å². The van der Waals surface area contributed by atoms with Gasteiger partial charge in [0.25, 0.3) is 0 Å². The topological polar surface area (TPSA) is 41.3 Å². The summed E-state index contributed by atoms with van der Waals surface area (Å²) in [6.45, 7) is 8.60. The number of thiazole rings is 1. The van der Waals surface area contributed by atoms with E-state index in [4.69, 9.17) is 9.40 Å². The number of furan rings is 1. The highest BCUT2D eigenvalue weighted by atomic mass is 32.1. The van der Waals surface area contributed by atoms with E-state index < -0.39 is 0 Å². The van der Waals surface area contributed by atoms with Gasteiger partial charge in [0.1, 0.15) is 16.5 Å². The van der Waals surface area contributed by atoms with Crippen LogP contribution in [0.3, 0.4) is 0 Å². The zero-order chi connectivity index (χ0) is 14.7. The first-order valence-electron chi connectivity index (χ1n) is 7.75. The van der Waals surface area contributed by atoms with E-state index in [1.54, 1.807) is 11.3 Å². The van der Waals surface area contributed by atoms with Gasteiger partial charge in [-0.15, -0.1) is 11.3 Å². The molecule has 1 N–H and O–H groups in total. The Bertz CT molecular complexity index is 572. The lowest BCUT2D eigenvalue weighted by Crippen LogP contribution is -2.45. The summed E-state index contributed by atoms with van der Waals surface area (Å²) in [5.74, 6) is 1.82. The van der Waals surface area contributed by atoms with E-state index in [1.165, 1.54) is 17.8 Å². The molecule has 0 spiro atoms. The zero-order valence-electron chi connectivity index (χ0n) is 12.8. The summed E-state index contributed by atoms with van der Waals surface area (Å²) in [4.78, 5) is 7.42. The van der Waals surface area contributed by atoms with Crippen molar-refractivity contribution in [1.82, 2.24) is 15.2 Å². The third kappa shape index (κ3) is 3.36. The maximum atomic E-state index is 5.69. The Labute approximate surface area is 130 Å². The molecule has 0 aliphatic carbocycles. The van der Waals surface area contributed by atoms with Crippen LogP contribution in [-0.2, 0) is 0 Å². The SMILES string of the molecule is CCCC(c1nc(-c2ccc(C)o2)cs1)N1CCNCC1. The van der Waals surface area contributed by atoms with E-state index in [0.29, 0.717) is 6.04 Å². The number of nitrogens with one attached hydrogen (secondary N) is 1. The molecular weight excluding hydrogens is 282 g/mol. The number of hydrogen-bond acceptors (Lipinski definition) is 5. The van der Waals surface area contributed by atoms with E-state index in [9.17, 15) is 0 Å². The number of hydrogen-bond donors (Lipinski definition) is 1. The van der Waals surface area contributed by atoms with Crippen molar-refractivity contribution < 1.29 is 4.42 Å². The fraction of sp³-hybridized carbons (Fsp3) is 0.562. The fourth-order valence-corrected chi connectivity index (χ4v) is 3.83. The van der Waals surface area contributed by atoms with Crippen LogP contribution in [0.1, 0.15) is 36.6 Å². The van der Waals surface area contributed by atoms with Crippen LogP contribution in [0.5, 0.6) is 0 Å². The first-order chi connectivity index (χ1) is 10.3. The maximum Gasteiger partial charge on any atom is 0.153 e. The van der Waals surface area contributed by atoms with Crippen molar-refractivity contribution in [2.75, 3.05) is 26.2 Å². The van der Waals surface area contributed by atoms with Crippen LogP contribution in [0.25, 0.3) is 11.5 Å². The van der Waals surface area contributed by atoms with Crippen LogP contribution >= 0.6 is 11.3 Å². The van der Waals surface area contributed by atoms with Gasteiger partial charge in [-0.2, -0.15) is 0 Å². The van der Waals surface area contributed by atoms with Crippen LogP contribution < -0.4 is 5.32 Å². The molecule has 1 atom stereocenters. The molecule has 0 saturated carbocycles. The minimum atomic E-state index is 0.451. The number of piperazine rings is 1. The summed E-state index contributed by atoms with van der Waals surface area (Å²) in [7, 11) is 0. The predicted octanol–water partition coefficient (Wildman–Crippen LogP) is 3.46. The van der Waals surface area contributed by atoms with E-state index in [2.05, 4.69) is 22.5 Å². The van der Waals surface area contributed by atoms with Crippen molar-refractivity contribution in [3.05, 3.63) is 28.3 Å². The van der Waals surface area contributed by atoms with Crippen molar-refractivity contribution >= 4 is 11.3 Å². The first-order valence-corrected chi connectivity index (χ1v) is 8.63. The molecule has 0 bridgehead atoms. The van der Waals surface area contributed by atoms with E-state index in [0.717, 1.165) is 43.4 Å². The molecule has 21 heavy (non-hydrogen) atoms. The van der Waals surface area contributed by atoms with Gasteiger partial charge in [-0.05, 0) is 25.5 Å². The molecule has 1 unspecified atom stereocenters. The van der Waals surface area contributed by atoms with E-state index >= 15 is 0 Å². The lowest BCUT2D eigenvalue weighted by molar-refractivity contribution is 0.164. The first kappa shape index (κ1) is 14.8. The predicted molar refractivity (Wildman–Crippen MR) is 86.6 cm³/mol. The second-order valence-electron chi connectivity index (χ2n) is 5.57. The van der Waals surface area contributed by atoms with Crippen molar-refractivity contribution in [1.29, 1.82) is 0 Å². The Morgan fingerprint density at radius 2 is 2.19 bits per heavy atom. The van der Waals surface area contributed by atoms with Crippen molar-refractivity contribution in [2.24, 2.45) is 0 Å². The average Bonchev–Trinajstić information content (AvgIpc) is 3.14. The van der Waals surface area contributed by atoms with Crippen LogP contribution in [0.4, 0.5) is 0 Å². The van der Waals surface area contributed by atoms with Gasteiger partial charge in [0.2, 0.25) is 0 Å². The molecule has 1 fully saturated rings. The minimum Gasteiger partial charge on any atom is -0.460 e. The molecule has 0 amide bonds. The lowest BCUT2D eigenvalue weighted by Gasteiger charge is -2.33. The third-order valence-electron chi connectivity index (χ3n) is 3.95. The highest BCUT2D eigenvalue weighted by molar-refractivity contribution is 7.10. The van der Waals surface area contributed by atoms with Crippen LogP contribution in [0.2, 0.25) is 0 Å². The number of nitrogens with zero attached hydrogens (tertiary/aromatic N) is 2. The molecule has 0 aromatic carbocycles. The smallest absolute Gasteiger partial charge is 0.153 e. The number of aromatic nitrogens is 1. The Morgan fingerprint density at radius 1 is 1.38 bits per heavy atom. The van der Waals surface area contributed by atoms with Crippen molar-refractivity contribution in [3.8, 4) is 11.5 Å². The summed E-state index contributed by atoms with van der Waals surface area (Å²) in [6, 6.07) is 4.45. The molecule has 1 aliphatic rings. The van der Waals surface area contributed by atoms with Gasteiger partial charge in [-0.1, -0.05) is 13.3 Å². The summed E-state index contributed by atoms with van der Waals surface area (Å²) >= 11 is 1.76. The van der Waals surface area contributed by atoms with Gasteiger partial charge in [0.15, 0.2) is 5.76 Å². The molecule has 114 valence electrons. The van der Waals surface area contributed by atoms with Gasteiger partial charge in [-0.3, -0.25) is 4.90 Å². The largest absolute Gasteiger partial charge is 0.460 e. The van der Waals surface area contributed by atoms with Gasteiger partial charge in [0, 0.05) is 31.6 Å². The summed E-state index contributed by atoms with van der Waals surface area (Å²) in [5, 5.41) is 6.77. The highest BCUT2D eigenvalue weighted by Gasteiger charge is 2.24.